The van der Waals surface area contributed by atoms with Gasteiger partial charge in [-0.05, 0) is 69.5 Å². The minimum absolute atomic E-state index is 0.153. The summed E-state index contributed by atoms with van der Waals surface area (Å²) in [6.45, 7) is 9.11. The maximum absolute atomic E-state index is 13.3. The molecule has 0 saturated carbocycles. The second kappa shape index (κ2) is 12.7. The number of nitrogens with one attached hydrogen (secondary N) is 1. The molecule has 0 saturated heterocycles. The summed E-state index contributed by atoms with van der Waals surface area (Å²) in [6.07, 6.45) is 0.720. The Bertz CT molecular complexity index is 886. The van der Waals surface area contributed by atoms with E-state index in [2.05, 4.69) is 5.32 Å². The first-order valence-corrected chi connectivity index (χ1v) is 11.1. The van der Waals surface area contributed by atoms with Crippen LogP contribution in [0, 0.1) is 5.82 Å². The molecule has 0 unspecified atom stereocenters. The number of carbonyl (C=O) groups is 2. The number of likely N-dealkylation sites (N-methyl/N-ethyl adjacent to an activating group) is 1. The Kier molecular flexibility index (Phi) is 9.98. The van der Waals surface area contributed by atoms with Crippen molar-refractivity contribution in [3.8, 4) is 11.5 Å². The topological polar surface area (TPSA) is 67.9 Å². The molecule has 7 heteroatoms. The van der Waals surface area contributed by atoms with Gasteiger partial charge in [0.15, 0.2) is 11.5 Å². The minimum atomic E-state index is -0.646. The lowest BCUT2D eigenvalue weighted by Gasteiger charge is -2.29. The standard InChI is InChI=1S/C25H33FN2O4/c1-5-27-25(30)18(4)28(17-20-8-12-21(26)13-9-20)24(29)15-11-19-10-14-22(31-6-2)23(16-19)32-7-3/h8-10,12-14,16,18H,5-7,11,15,17H2,1-4H3,(H,27,30)/t18-/m0/s1. The van der Waals surface area contributed by atoms with Crippen LogP contribution in [0.4, 0.5) is 4.39 Å². The van der Waals surface area contributed by atoms with Crippen LogP contribution < -0.4 is 14.8 Å². The Hall–Kier alpha value is -3.09. The number of ether oxygens (including phenoxy) is 2. The SMILES string of the molecule is CCNC(=O)[C@H](C)N(Cc1ccc(F)cc1)C(=O)CCc1ccc(OCC)c(OCC)c1. The summed E-state index contributed by atoms with van der Waals surface area (Å²) in [5.74, 6) is 0.608. The van der Waals surface area contributed by atoms with Crippen molar-refractivity contribution in [1.29, 1.82) is 0 Å². The lowest BCUT2D eigenvalue weighted by atomic mass is 10.1. The van der Waals surface area contributed by atoms with Crippen molar-refractivity contribution in [3.05, 3.63) is 59.4 Å². The number of amides is 2. The molecule has 0 bridgehead atoms. The fourth-order valence-corrected chi connectivity index (χ4v) is 3.34. The van der Waals surface area contributed by atoms with Gasteiger partial charge in [-0.25, -0.2) is 4.39 Å². The third-order valence-corrected chi connectivity index (χ3v) is 5.02. The van der Waals surface area contributed by atoms with Gasteiger partial charge in [-0.3, -0.25) is 9.59 Å². The minimum Gasteiger partial charge on any atom is -0.490 e. The van der Waals surface area contributed by atoms with Crippen LogP contribution >= 0.6 is 0 Å². The first-order valence-electron chi connectivity index (χ1n) is 11.1. The second-order valence-electron chi connectivity index (χ2n) is 7.37. The summed E-state index contributed by atoms with van der Waals surface area (Å²) in [5, 5.41) is 2.77. The molecule has 2 amide bonds. The number of halogens is 1. The van der Waals surface area contributed by atoms with Gasteiger partial charge in [0.2, 0.25) is 11.8 Å². The number of hydrogen-bond donors (Lipinski definition) is 1. The maximum Gasteiger partial charge on any atom is 0.242 e. The highest BCUT2D eigenvalue weighted by atomic mass is 19.1. The molecule has 2 rings (SSSR count). The zero-order chi connectivity index (χ0) is 23.5. The quantitative estimate of drug-likeness (QED) is 0.535. The highest BCUT2D eigenvalue weighted by Crippen LogP contribution is 2.29. The predicted octanol–water partition coefficient (Wildman–Crippen LogP) is 4.11. The van der Waals surface area contributed by atoms with E-state index < -0.39 is 6.04 Å². The molecule has 6 nitrogen and oxygen atoms in total. The van der Waals surface area contributed by atoms with E-state index in [1.165, 1.54) is 17.0 Å². The molecule has 1 atom stereocenters. The second-order valence-corrected chi connectivity index (χ2v) is 7.37. The molecule has 0 spiro atoms. The summed E-state index contributed by atoms with van der Waals surface area (Å²) in [4.78, 5) is 27.1. The van der Waals surface area contributed by atoms with Crippen molar-refractivity contribution >= 4 is 11.8 Å². The first-order chi connectivity index (χ1) is 15.4. The van der Waals surface area contributed by atoms with Gasteiger partial charge in [0.1, 0.15) is 11.9 Å². The van der Waals surface area contributed by atoms with Crippen molar-refractivity contribution in [1.82, 2.24) is 10.2 Å². The Labute approximate surface area is 189 Å². The van der Waals surface area contributed by atoms with Crippen LogP contribution in [0.5, 0.6) is 11.5 Å². The zero-order valence-electron chi connectivity index (χ0n) is 19.3. The number of carbonyl (C=O) groups excluding carboxylic acids is 2. The largest absolute Gasteiger partial charge is 0.490 e. The molecule has 0 aromatic heterocycles. The molecule has 0 radical (unpaired) electrons. The van der Waals surface area contributed by atoms with Gasteiger partial charge in [0.05, 0.1) is 13.2 Å². The smallest absolute Gasteiger partial charge is 0.242 e. The number of benzene rings is 2. The van der Waals surface area contributed by atoms with Crippen LogP contribution in [0.25, 0.3) is 0 Å². The summed E-state index contributed by atoms with van der Waals surface area (Å²) < 4.78 is 24.5. The van der Waals surface area contributed by atoms with Crippen molar-refractivity contribution in [2.45, 2.75) is 53.1 Å². The average Bonchev–Trinajstić information content (AvgIpc) is 2.78. The molecule has 1 N–H and O–H groups in total. The van der Waals surface area contributed by atoms with E-state index in [1.807, 2.05) is 39.0 Å². The highest BCUT2D eigenvalue weighted by molar-refractivity contribution is 5.87. The lowest BCUT2D eigenvalue weighted by molar-refractivity contribution is -0.140. The molecule has 0 aliphatic heterocycles. The summed E-state index contributed by atoms with van der Waals surface area (Å²) in [5.41, 5.74) is 1.70. The predicted molar refractivity (Wildman–Crippen MR) is 122 cm³/mol. The maximum atomic E-state index is 13.3. The van der Waals surface area contributed by atoms with Crippen LogP contribution in [0.1, 0.15) is 45.2 Å². The molecule has 32 heavy (non-hydrogen) atoms. The molecule has 0 aliphatic carbocycles. The summed E-state index contributed by atoms with van der Waals surface area (Å²) in [7, 11) is 0. The van der Waals surface area contributed by atoms with E-state index in [9.17, 15) is 14.0 Å². The Morgan fingerprint density at radius 2 is 1.59 bits per heavy atom. The summed E-state index contributed by atoms with van der Waals surface area (Å²) in [6, 6.07) is 11.0. The van der Waals surface area contributed by atoms with Gasteiger partial charge < -0.3 is 19.7 Å². The van der Waals surface area contributed by atoms with Crippen molar-refractivity contribution in [2.75, 3.05) is 19.8 Å². The van der Waals surface area contributed by atoms with E-state index in [1.54, 1.807) is 19.1 Å². The van der Waals surface area contributed by atoms with Crippen LogP contribution in [0.3, 0.4) is 0 Å². The third kappa shape index (κ3) is 7.25. The summed E-state index contributed by atoms with van der Waals surface area (Å²) >= 11 is 0. The zero-order valence-corrected chi connectivity index (χ0v) is 19.3. The van der Waals surface area contributed by atoms with E-state index in [4.69, 9.17) is 9.47 Å². The lowest BCUT2D eigenvalue weighted by Crippen LogP contribution is -2.47. The van der Waals surface area contributed by atoms with Gasteiger partial charge in [0, 0.05) is 19.5 Å². The molecule has 0 fully saturated rings. The van der Waals surface area contributed by atoms with Crippen LogP contribution in [-0.2, 0) is 22.6 Å². The normalized spacial score (nSPS) is 11.5. The average molecular weight is 445 g/mol. The molecular weight excluding hydrogens is 411 g/mol. The number of aryl methyl sites for hydroxylation is 1. The Balaban J connectivity index is 2.15. The van der Waals surface area contributed by atoms with Gasteiger partial charge in [0.25, 0.3) is 0 Å². The van der Waals surface area contributed by atoms with Crippen LogP contribution in [0.2, 0.25) is 0 Å². The van der Waals surface area contributed by atoms with Crippen molar-refractivity contribution in [3.63, 3.8) is 0 Å². The fraction of sp³-hybridized carbons (Fsp3) is 0.440. The monoisotopic (exact) mass is 444 g/mol. The van der Waals surface area contributed by atoms with Gasteiger partial charge >= 0.3 is 0 Å². The van der Waals surface area contributed by atoms with E-state index in [0.29, 0.717) is 37.7 Å². The van der Waals surface area contributed by atoms with Crippen molar-refractivity contribution < 1.29 is 23.5 Å². The highest BCUT2D eigenvalue weighted by Gasteiger charge is 2.25. The molecule has 174 valence electrons. The Morgan fingerprint density at radius 3 is 2.22 bits per heavy atom. The number of rotatable bonds is 12. The first kappa shape index (κ1) is 25.2. The van der Waals surface area contributed by atoms with Gasteiger partial charge in [-0.15, -0.1) is 0 Å². The van der Waals surface area contributed by atoms with E-state index in [0.717, 1.165) is 11.1 Å². The number of nitrogens with zero attached hydrogens (tertiary/aromatic N) is 1. The molecule has 2 aromatic rings. The molecule has 0 aliphatic rings. The Morgan fingerprint density at radius 1 is 0.969 bits per heavy atom. The fourth-order valence-electron chi connectivity index (χ4n) is 3.34. The van der Waals surface area contributed by atoms with Crippen LogP contribution in [-0.4, -0.2) is 42.5 Å². The molecular formula is C25H33FN2O4. The van der Waals surface area contributed by atoms with E-state index in [-0.39, 0.29) is 30.6 Å². The molecule has 0 heterocycles. The molecule has 2 aromatic carbocycles. The third-order valence-electron chi connectivity index (χ3n) is 5.02. The van der Waals surface area contributed by atoms with Crippen molar-refractivity contribution in [2.24, 2.45) is 0 Å². The van der Waals surface area contributed by atoms with Crippen LogP contribution in [0.15, 0.2) is 42.5 Å². The van der Waals surface area contributed by atoms with Gasteiger partial charge in [-0.2, -0.15) is 0 Å². The van der Waals surface area contributed by atoms with E-state index >= 15 is 0 Å². The number of hydrogen-bond acceptors (Lipinski definition) is 4. The van der Waals surface area contributed by atoms with Gasteiger partial charge in [-0.1, -0.05) is 18.2 Å².